The third-order valence-corrected chi connectivity index (χ3v) is 3.42. The van der Waals surface area contributed by atoms with Crippen LogP contribution in [0, 0.1) is 13.8 Å². The van der Waals surface area contributed by atoms with Crippen molar-refractivity contribution >= 4 is 17.4 Å². The van der Waals surface area contributed by atoms with Gasteiger partial charge in [-0.3, -0.25) is 9.69 Å². The van der Waals surface area contributed by atoms with E-state index in [1.54, 1.807) is 30.3 Å². The highest BCUT2D eigenvalue weighted by Gasteiger charge is 2.12. The summed E-state index contributed by atoms with van der Waals surface area (Å²) in [5.74, 6) is 0.610. The average molecular weight is 269 g/mol. The highest BCUT2D eigenvalue weighted by Crippen LogP contribution is 2.14. The molecule has 104 valence electrons. The molecule has 0 atom stereocenters. The first-order valence-electron chi connectivity index (χ1n) is 6.51. The summed E-state index contributed by atoms with van der Waals surface area (Å²) in [5, 5.41) is 0. The molecule has 1 amide bonds. The van der Waals surface area contributed by atoms with Gasteiger partial charge in [-0.2, -0.15) is 0 Å². The predicted molar refractivity (Wildman–Crippen MR) is 81.7 cm³/mol. The number of hydrogen-bond acceptors (Lipinski definition) is 3. The first-order chi connectivity index (χ1) is 9.47. The number of aromatic nitrogens is 1. The zero-order chi connectivity index (χ0) is 14.7. The molecule has 4 heteroatoms. The molecule has 0 aliphatic carbocycles. The van der Waals surface area contributed by atoms with E-state index in [0.717, 1.165) is 5.56 Å². The van der Waals surface area contributed by atoms with E-state index in [2.05, 4.69) is 24.9 Å². The van der Waals surface area contributed by atoms with Gasteiger partial charge in [0.15, 0.2) is 0 Å². The van der Waals surface area contributed by atoms with E-state index in [0.29, 0.717) is 17.9 Å². The molecule has 2 N–H and O–H groups in total. The smallest absolute Gasteiger partial charge is 0.232 e. The third kappa shape index (κ3) is 3.15. The van der Waals surface area contributed by atoms with Gasteiger partial charge in [0.2, 0.25) is 5.91 Å². The van der Waals surface area contributed by atoms with Crippen molar-refractivity contribution in [2.24, 2.45) is 0 Å². The Bertz CT molecular complexity index is 620. The number of amides is 1. The average Bonchev–Trinajstić information content (AvgIpc) is 2.43. The number of nitrogens with two attached hydrogens (primary N) is 1. The van der Waals surface area contributed by atoms with E-state index in [1.165, 1.54) is 11.1 Å². The lowest BCUT2D eigenvalue weighted by molar-refractivity contribution is -0.117. The minimum Gasteiger partial charge on any atom is -0.397 e. The van der Waals surface area contributed by atoms with Crippen LogP contribution in [0.15, 0.2) is 36.5 Å². The minimum absolute atomic E-state index is 0.00512. The molecule has 1 aromatic carbocycles. The van der Waals surface area contributed by atoms with Gasteiger partial charge < -0.3 is 5.73 Å². The molecule has 0 fully saturated rings. The van der Waals surface area contributed by atoms with Crippen LogP contribution in [0.3, 0.4) is 0 Å². The van der Waals surface area contributed by atoms with Gasteiger partial charge in [0.25, 0.3) is 0 Å². The van der Waals surface area contributed by atoms with Crippen molar-refractivity contribution in [2.75, 3.05) is 17.7 Å². The Morgan fingerprint density at radius 2 is 1.95 bits per heavy atom. The number of likely N-dealkylation sites (N-methyl/N-ethyl adjacent to an activating group) is 1. The van der Waals surface area contributed by atoms with Crippen molar-refractivity contribution in [1.82, 2.24) is 4.98 Å². The number of pyridine rings is 1. The molecular weight excluding hydrogens is 250 g/mol. The third-order valence-electron chi connectivity index (χ3n) is 3.42. The maximum absolute atomic E-state index is 12.2. The number of benzene rings is 1. The van der Waals surface area contributed by atoms with Crippen LogP contribution in [0.2, 0.25) is 0 Å². The van der Waals surface area contributed by atoms with Crippen LogP contribution in [-0.2, 0) is 11.2 Å². The highest BCUT2D eigenvalue weighted by molar-refractivity contribution is 5.93. The van der Waals surface area contributed by atoms with Crippen molar-refractivity contribution < 1.29 is 4.79 Å². The van der Waals surface area contributed by atoms with Gasteiger partial charge in [0.05, 0.1) is 18.3 Å². The van der Waals surface area contributed by atoms with Crippen LogP contribution in [0.4, 0.5) is 11.5 Å². The topological polar surface area (TPSA) is 59.2 Å². The first kappa shape index (κ1) is 14.1. The van der Waals surface area contributed by atoms with Gasteiger partial charge >= 0.3 is 0 Å². The van der Waals surface area contributed by atoms with Crippen molar-refractivity contribution in [1.29, 1.82) is 0 Å². The van der Waals surface area contributed by atoms with Gasteiger partial charge in [-0.05, 0) is 42.7 Å². The lowest BCUT2D eigenvalue weighted by atomic mass is 10.0. The molecule has 0 saturated carbocycles. The Hall–Kier alpha value is -2.36. The summed E-state index contributed by atoms with van der Waals surface area (Å²) in [6, 6.07) is 9.57. The second kappa shape index (κ2) is 5.74. The van der Waals surface area contributed by atoms with Gasteiger partial charge in [-0.25, -0.2) is 4.98 Å². The molecular formula is C16H19N3O. The van der Waals surface area contributed by atoms with Crippen molar-refractivity contribution in [2.45, 2.75) is 20.3 Å². The fraction of sp³-hybridized carbons (Fsp3) is 0.250. The summed E-state index contributed by atoms with van der Waals surface area (Å²) >= 11 is 0. The largest absolute Gasteiger partial charge is 0.397 e. The fourth-order valence-electron chi connectivity index (χ4n) is 1.93. The van der Waals surface area contributed by atoms with Crippen LogP contribution < -0.4 is 10.6 Å². The maximum Gasteiger partial charge on any atom is 0.232 e. The number of aryl methyl sites for hydroxylation is 2. The van der Waals surface area contributed by atoms with Crippen LogP contribution >= 0.6 is 0 Å². The molecule has 2 aromatic rings. The summed E-state index contributed by atoms with van der Waals surface area (Å²) < 4.78 is 0. The zero-order valence-electron chi connectivity index (χ0n) is 12.1. The number of nitrogen functional groups attached to an aromatic ring is 1. The first-order valence-corrected chi connectivity index (χ1v) is 6.51. The molecule has 0 aliphatic rings. The van der Waals surface area contributed by atoms with Crippen LogP contribution in [0.25, 0.3) is 0 Å². The summed E-state index contributed by atoms with van der Waals surface area (Å²) in [5.41, 5.74) is 9.62. The van der Waals surface area contributed by atoms with Gasteiger partial charge in [-0.1, -0.05) is 18.2 Å². The van der Waals surface area contributed by atoms with Crippen molar-refractivity contribution in [3.05, 3.63) is 53.2 Å². The highest BCUT2D eigenvalue weighted by atomic mass is 16.2. The van der Waals surface area contributed by atoms with Crippen molar-refractivity contribution in [3.8, 4) is 0 Å². The Morgan fingerprint density at radius 1 is 1.20 bits per heavy atom. The maximum atomic E-state index is 12.2. The Kier molecular flexibility index (Phi) is 4.03. The number of carbonyl (C=O) groups is 1. The molecule has 2 rings (SSSR count). The number of carbonyl (C=O) groups excluding carboxylic acids is 1. The minimum atomic E-state index is 0.00512. The lowest BCUT2D eigenvalue weighted by Gasteiger charge is -2.16. The second-order valence-corrected chi connectivity index (χ2v) is 5.00. The monoisotopic (exact) mass is 269 g/mol. The summed E-state index contributed by atoms with van der Waals surface area (Å²) in [6.45, 7) is 4.11. The van der Waals surface area contributed by atoms with E-state index >= 15 is 0 Å². The standard InChI is InChI=1S/C16H19N3O/c1-11-4-5-13(8-12(11)2)9-16(20)19(3)15-7-6-14(17)10-18-15/h4-8,10H,9,17H2,1-3H3. The Balaban J connectivity index is 2.11. The lowest BCUT2D eigenvalue weighted by Crippen LogP contribution is -2.28. The predicted octanol–water partition coefficient (Wildman–Crippen LogP) is 2.49. The molecule has 0 saturated heterocycles. The molecule has 20 heavy (non-hydrogen) atoms. The van der Waals surface area contributed by atoms with Gasteiger partial charge in [0, 0.05) is 7.05 Å². The van der Waals surface area contributed by atoms with E-state index in [9.17, 15) is 4.79 Å². The Labute approximate surface area is 119 Å². The van der Waals surface area contributed by atoms with Gasteiger partial charge in [-0.15, -0.1) is 0 Å². The molecule has 0 radical (unpaired) electrons. The second-order valence-electron chi connectivity index (χ2n) is 5.00. The number of rotatable bonds is 3. The summed E-state index contributed by atoms with van der Waals surface area (Å²) in [6.07, 6.45) is 1.92. The van der Waals surface area contributed by atoms with Crippen LogP contribution in [-0.4, -0.2) is 17.9 Å². The molecule has 1 heterocycles. The molecule has 1 aromatic heterocycles. The van der Waals surface area contributed by atoms with Crippen molar-refractivity contribution in [3.63, 3.8) is 0 Å². The van der Waals surface area contributed by atoms with Gasteiger partial charge in [0.1, 0.15) is 5.82 Å². The molecule has 0 bridgehead atoms. The fourth-order valence-corrected chi connectivity index (χ4v) is 1.93. The molecule has 0 unspecified atom stereocenters. The van der Waals surface area contributed by atoms with Crippen LogP contribution in [0.5, 0.6) is 0 Å². The van der Waals surface area contributed by atoms with E-state index in [4.69, 9.17) is 5.73 Å². The Morgan fingerprint density at radius 3 is 2.55 bits per heavy atom. The molecule has 4 nitrogen and oxygen atoms in total. The molecule has 0 aliphatic heterocycles. The number of anilines is 2. The molecule has 0 spiro atoms. The zero-order valence-corrected chi connectivity index (χ0v) is 12.1. The summed E-state index contributed by atoms with van der Waals surface area (Å²) in [4.78, 5) is 18.0. The van der Waals surface area contributed by atoms with E-state index in [1.807, 2.05) is 12.1 Å². The SMILES string of the molecule is Cc1ccc(CC(=O)N(C)c2ccc(N)cn2)cc1C. The normalized spacial score (nSPS) is 10.3. The quantitative estimate of drug-likeness (QED) is 0.931. The number of nitrogens with zero attached hydrogens (tertiary/aromatic N) is 2. The van der Waals surface area contributed by atoms with E-state index in [-0.39, 0.29) is 5.91 Å². The van der Waals surface area contributed by atoms with Crippen LogP contribution in [0.1, 0.15) is 16.7 Å². The van der Waals surface area contributed by atoms with E-state index < -0.39 is 0 Å². The number of hydrogen-bond donors (Lipinski definition) is 1. The summed E-state index contributed by atoms with van der Waals surface area (Å²) in [7, 11) is 1.72.